The summed E-state index contributed by atoms with van der Waals surface area (Å²) in [5.41, 5.74) is -0.401. The molecular weight excluding hydrogens is 264 g/mol. The van der Waals surface area contributed by atoms with Crippen molar-refractivity contribution < 1.29 is 9.18 Å². The maximum atomic E-state index is 13.5. The first-order valence-corrected chi connectivity index (χ1v) is 6.31. The summed E-state index contributed by atoms with van der Waals surface area (Å²) in [6, 6.07) is 3.92. The van der Waals surface area contributed by atoms with Crippen molar-refractivity contribution in [3.63, 3.8) is 0 Å². The van der Waals surface area contributed by atoms with Gasteiger partial charge in [-0.2, -0.15) is 0 Å². The fourth-order valence-electron chi connectivity index (χ4n) is 1.88. The average molecular weight is 276 g/mol. The van der Waals surface area contributed by atoms with Gasteiger partial charge in [-0.25, -0.2) is 4.39 Å². The van der Waals surface area contributed by atoms with Crippen molar-refractivity contribution in [2.45, 2.75) is 24.8 Å². The van der Waals surface area contributed by atoms with Crippen molar-refractivity contribution in [2.75, 3.05) is 5.88 Å². The molecule has 0 aliphatic heterocycles. The van der Waals surface area contributed by atoms with Gasteiger partial charge >= 0.3 is 0 Å². The highest BCUT2D eigenvalue weighted by atomic mass is 35.5. The number of benzene rings is 1. The van der Waals surface area contributed by atoms with Gasteiger partial charge in [0.2, 0.25) is 0 Å². The Morgan fingerprint density at radius 1 is 1.47 bits per heavy atom. The van der Waals surface area contributed by atoms with E-state index >= 15 is 0 Å². The van der Waals surface area contributed by atoms with Crippen LogP contribution in [-0.2, 0) is 0 Å². The van der Waals surface area contributed by atoms with Gasteiger partial charge in [-0.3, -0.25) is 4.79 Å². The molecule has 17 heavy (non-hydrogen) atoms. The monoisotopic (exact) mass is 275 g/mol. The number of nitrogens with one attached hydrogen (secondary N) is 1. The molecule has 0 atom stereocenters. The molecule has 1 N–H and O–H groups in total. The molecule has 0 unspecified atom stereocenters. The number of carbonyl (C=O) groups is 1. The van der Waals surface area contributed by atoms with Gasteiger partial charge in [-0.1, -0.05) is 11.6 Å². The van der Waals surface area contributed by atoms with Gasteiger partial charge in [0, 0.05) is 10.9 Å². The first kappa shape index (κ1) is 12.7. The van der Waals surface area contributed by atoms with E-state index < -0.39 is 11.7 Å². The van der Waals surface area contributed by atoms with E-state index in [-0.39, 0.29) is 11.1 Å². The van der Waals surface area contributed by atoms with Gasteiger partial charge in [0.25, 0.3) is 5.91 Å². The Morgan fingerprint density at radius 2 is 2.18 bits per heavy atom. The van der Waals surface area contributed by atoms with E-state index in [1.54, 1.807) is 0 Å². The molecule has 1 aliphatic rings. The van der Waals surface area contributed by atoms with Crippen molar-refractivity contribution >= 4 is 29.1 Å². The minimum absolute atomic E-state index is 0.0334. The molecule has 0 saturated heterocycles. The summed E-state index contributed by atoms with van der Waals surface area (Å²) >= 11 is 11.6. The van der Waals surface area contributed by atoms with Crippen molar-refractivity contribution in [1.82, 2.24) is 5.32 Å². The molecule has 1 aromatic rings. The highest BCUT2D eigenvalue weighted by Gasteiger charge is 2.38. The molecule has 0 heterocycles. The molecule has 2 rings (SSSR count). The normalized spacial score (nSPS) is 17.4. The summed E-state index contributed by atoms with van der Waals surface area (Å²) in [4.78, 5) is 11.9. The van der Waals surface area contributed by atoms with Gasteiger partial charge in [0.1, 0.15) is 5.82 Å². The SMILES string of the molecule is O=C(NC1(CCl)CCC1)c1cc(Cl)ccc1F. The van der Waals surface area contributed by atoms with Crippen LogP contribution in [0.3, 0.4) is 0 Å². The van der Waals surface area contributed by atoms with Crippen LogP contribution in [-0.4, -0.2) is 17.3 Å². The average Bonchev–Trinajstić information content (AvgIpc) is 2.26. The summed E-state index contributed by atoms with van der Waals surface area (Å²) in [7, 11) is 0. The molecule has 0 aromatic heterocycles. The molecule has 92 valence electrons. The zero-order valence-electron chi connectivity index (χ0n) is 9.10. The Kier molecular flexibility index (Phi) is 3.59. The Hall–Kier alpha value is -0.800. The van der Waals surface area contributed by atoms with Crippen LogP contribution < -0.4 is 5.32 Å². The topological polar surface area (TPSA) is 29.1 Å². The standard InChI is InChI=1S/C12H12Cl2FNO/c13-7-12(4-1-5-12)16-11(17)9-6-8(14)2-3-10(9)15/h2-3,6H,1,4-5,7H2,(H,16,17). The smallest absolute Gasteiger partial charge is 0.254 e. The molecule has 5 heteroatoms. The summed E-state index contributed by atoms with van der Waals surface area (Å²) in [6.45, 7) is 0. The van der Waals surface area contributed by atoms with Crippen LogP contribution in [0.15, 0.2) is 18.2 Å². The zero-order valence-corrected chi connectivity index (χ0v) is 10.6. The van der Waals surface area contributed by atoms with E-state index in [9.17, 15) is 9.18 Å². The quantitative estimate of drug-likeness (QED) is 0.842. The summed E-state index contributed by atoms with van der Waals surface area (Å²) in [6.07, 6.45) is 2.71. The maximum absolute atomic E-state index is 13.5. The van der Waals surface area contributed by atoms with Gasteiger partial charge in [0.05, 0.1) is 11.1 Å². The van der Waals surface area contributed by atoms with Crippen LogP contribution in [0.5, 0.6) is 0 Å². The van der Waals surface area contributed by atoms with E-state index in [4.69, 9.17) is 23.2 Å². The number of hydrogen-bond acceptors (Lipinski definition) is 1. The van der Waals surface area contributed by atoms with Gasteiger partial charge in [-0.05, 0) is 37.5 Å². The van der Waals surface area contributed by atoms with Crippen molar-refractivity contribution in [1.29, 1.82) is 0 Å². The van der Waals surface area contributed by atoms with Crippen LogP contribution in [0.4, 0.5) is 4.39 Å². The fourth-order valence-corrected chi connectivity index (χ4v) is 2.38. The number of alkyl halides is 1. The van der Waals surface area contributed by atoms with Gasteiger partial charge < -0.3 is 5.32 Å². The molecule has 1 saturated carbocycles. The van der Waals surface area contributed by atoms with E-state index in [1.165, 1.54) is 18.2 Å². The van der Waals surface area contributed by atoms with E-state index in [1.807, 2.05) is 0 Å². The molecular formula is C12H12Cl2FNO. The van der Waals surface area contributed by atoms with Gasteiger partial charge in [-0.15, -0.1) is 11.6 Å². The molecule has 0 spiro atoms. The van der Waals surface area contributed by atoms with Crippen LogP contribution in [0.25, 0.3) is 0 Å². The second kappa shape index (κ2) is 4.83. The first-order valence-electron chi connectivity index (χ1n) is 5.40. The zero-order chi connectivity index (χ0) is 12.5. The predicted molar refractivity (Wildman–Crippen MR) is 66.2 cm³/mol. The lowest BCUT2D eigenvalue weighted by Gasteiger charge is -2.41. The summed E-state index contributed by atoms with van der Waals surface area (Å²) in [5.74, 6) is -0.678. The van der Waals surface area contributed by atoms with Crippen LogP contribution >= 0.6 is 23.2 Å². The highest BCUT2D eigenvalue weighted by molar-refractivity contribution is 6.31. The molecule has 1 amide bonds. The molecule has 1 fully saturated rings. The van der Waals surface area contributed by atoms with Crippen LogP contribution in [0.1, 0.15) is 29.6 Å². The Morgan fingerprint density at radius 3 is 2.71 bits per heavy atom. The van der Waals surface area contributed by atoms with E-state index in [0.29, 0.717) is 10.9 Å². The second-order valence-corrected chi connectivity index (χ2v) is 5.05. The minimum Gasteiger partial charge on any atom is -0.345 e. The number of halogens is 3. The van der Waals surface area contributed by atoms with Crippen molar-refractivity contribution in [2.24, 2.45) is 0 Å². The molecule has 0 bridgehead atoms. The van der Waals surface area contributed by atoms with Crippen molar-refractivity contribution in [3.05, 3.63) is 34.6 Å². The van der Waals surface area contributed by atoms with Crippen molar-refractivity contribution in [3.8, 4) is 0 Å². The van der Waals surface area contributed by atoms with Crippen LogP contribution in [0.2, 0.25) is 5.02 Å². The molecule has 2 nitrogen and oxygen atoms in total. The third-order valence-corrected chi connectivity index (χ3v) is 3.86. The summed E-state index contributed by atoms with van der Waals surface area (Å²) < 4.78 is 13.5. The second-order valence-electron chi connectivity index (χ2n) is 4.35. The number of rotatable bonds is 3. The fraction of sp³-hybridized carbons (Fsp3) is 0.417. The number of amides is 1. The van der Waals surface area contributed by atoms with E-state index in [0.717, 1.165) is 19.3 Å². The highest BCUT2D eigenvalue weighted by Crippen LogP contribution is 2.33. The molecule has 1 aromatic carbocycles. The third-order valence-electron chi connectivity index (χ3n) is 3.12. The minimum atomic E-state index is -0.573. The lowest BCUT2D eigenvalue weighted by atomic mass is 9.78. The summed E-state index contributed by atoms with van der Waals surface area (Å²) in [5, 5.41) is 3.13. The lowest BCUT2D eigenvalue weighted by molar-refractivity contribution is 0.0849. The number of carbonyl (C=O) groups excluding carboxylic acids is 1. The molecule has 1 aliphatic carbocycles. The largest absolute Gasteiger partial charge is 0.345 e. The molecule has 0 radical (unpaired) electrons. The van der Waals surface area contributed by atoms with E-state index in [2.05, 4.69) is 5.32 Å². The van der Waals surface area contributed by atoms with Gasteiger partial charge in [0.15, 0.2) is 0 Å². The Balaban J connectivity index is 2.17. The lowest BCUT2D eigenvalue weighted by Crippen LogP contribution is -2.55. The maximum Gasteiger partial charge on any atom is 0.254 e. The van der Waals surface area contributed by atoms with Crippen LogP contribution in [0, 0.1) is 5.82 Å². The third kappa shape index (κ3) is 2.55. The number of hydrogen-bond donors (Lipinski definition) is 1. The Bertz CT molecular complexity index is 441. The Labute approximate surface area is 109 Å². The predicted octanol–water partition coefficient (Wildman–Crippen LogP) is 3.37. The first-order chi connectivity index (χ1) is 8.06.